The maximum Gasteiger partial charge on any atom is 0.305 e. The van der Waals surface area contributed by atoms with Crippen molar-refractivity contribution in [1.29, 1.82) is 0 Å². The van der Waals surface area contributed by atoms with Crippen LogP contribution in [-0.2, 0) is 14.3 Å². The first-order valence-electron chi connectivity index (χ1n) is 39.3. The van der Waals surface area contributed by atoms with Crippen molar-refractivity contribution in [3.8, 4) is 0 Å². The van der Waals surface area contributed by atoms with Gasteiger partial charge in [-0.3, -0.25) is 9.59 Å². The Morgan fingerprint density at radius 2 is 0.488 bits per heavy atom. The van der Waals surface area contributed by atoms with Crippen molar-refractivity contribution in [1.82, 2.24) is 5.32 Å². The highest BCUT2D eigenvalue weighted by atomic mass is 16.5. The fourth-order valence-electron chi connectivity index (χ4n) is 12.9. The first kappa shape index (κ1) is 82.9. The van der Waals surface area contributed by atoms with E-state index in [1.807, 2.05) is 0 Å². The molecule has 6 heteroatoms. The summed E-state index contributed by atoms with van der Waals surface area (Å²) in [6.45, 7) is 5.02. The van der Waals surface area contributed by atoms with Crippen molar-refractivity contribution in [3.63, 3.8) is 0 Å². The largest absolute Gasteiger partial charge is 0.466 e. The van der Waals surface area contributed by atoms with Crippen molar-refractivity contribution in [2.45, 2.75) is 475 Å². The lowest BCUT2D eigenvalue weighted by Gasteiger charge is -2.22. The Morgan fingerprint density at radius 3 is 0.726 bits per heavy atom. The number of ether oxygens (including phenoxy) is 1. The summed E-state index contributed by atoms with van der Waals surface area (Å²) in [5, 5.41) is 23.5. The smallest absolute Gasteiger partial charge is 0.305 e. The number of esters is 1. The van der Waals surface area contributed by atoms with Crippen LogP contribution in [0, 0.1) is 0 Å². The molecule has 0 aliphatic rings. The highest BCUT2D eigenvalue weighted by molar-refractivity contribution is 5.76. The Morgan fingerprint density at radius 1 is 0.286 bits per heavy atom. The number of rotatable bonds is 75. The highest BCUT2D eigenvalue weighted by Gasteiger charge is 2.20. The second-order valence-electron chi connectivity index (χ2n) is 27.4. The van der Waals surface area contributed by atoms with Gasteiger partial charge >= 0.3 is 5.97 Å². The molecule has 6 nitrogen and oxygen atoms in total. The molecule has 2 atom stereocenters. The van der Waals surface area contributed by atoms with E-state index < -0.39 is 12.1 Å². The van der Waals surface area contributed by atoms with Crippen LogP contribution < -0.4 is 5.32 Å². The van der Waals surface area contributed by atoms with Gasteiger partial charge in [0.05, 0.1) is 25.4 Å². The summed E-state index contributed by atoms with van der Waals surface area (Å²) in [7, 11) is 0. The minimum absolute atomic E-state index is 0.0245. The van der Waals surface area contributed by atoms with E-state index in [2.05, 4.69) is 19.2 Å². The van der Waals surface area contributed by atoms with Gasteiger partial charge in [0.25, 0.3) is 0 Å². The van der Waals surface area contributed by atoms with Gasteiger partial charge in [-0.05, 0) is 25.7 Å². The summed E-state index contributed by atoms with van der Waals surface area (Å²) in [5.74, 6) is -0.0000325. The zero-order chi connectivity index (χ0) is 60.6. The summed E-state index contributed by atoms with van der Waals surface area (Å²) in [5.41, 5.74) is 0. The normalized spacial score (nSPS) is 12.4. The van der Waals surface area contributed by atoms with E-state index in [0.717, 1.165) is 38.5 Å². The minimum Gasteiger partial charge on any atom is -0.466 e. The van der Waals surface area contributed by atoms with E-state index >= 15 is 0 Å². The molecule has 0 saturated carbocycles. The molecular formula is C78H155NO5. The minimum atomic E-state index is -0.661. The molecule has 1 amide bonds. The number of aliphatic hydroxyl groups excluding tert-OH is 2. The highest BCUT2D eigenvalue weighted by Crippen LogP contribution is 2.21. The molecule has 0 aromatic rings. The lowest BCUT2D eigenvalue weighted by Crippen LogP contribution is -2.45. The molecule has 0 aromatic carbocycles. The summed E-state index contributed by atoms with van der Waals surface area (Å²) < 4.78 is 5.50. The van der Waals surface area contributed by atoms with E-state index in [4.69, 9.17) is 4.74 Å². The molecule has 0 aromatic heterocycles. The Hall–Kier alpha value is -1.14. The third-order valence-corrected chi connectivity index (χ3v) is 18.9. The standard InChI is InChI=1S/C78H155NO5/c1-3-5-7-9-11-13-15-17-19-20-21-22-34-37-40-43-46-50-54-58-62-66-70-76(81)75(74-80)79-77(82)71-67-63-59-55-51-47-44-41-38-35-32-30-28-26-24-23-25-27-29-31-33-36-39-42-45-49-53-57-61-65-69-73-84-78(83)72-68-64-60-56-52-48-18-16-14-12-10-8-6-4-2/h75-76,80-81H,3-74H2,1-2H3,(H,79,82). The molecule has 0 rings (SSSR count). The van der Waals surface area contributed by atoms with E-state index in [-0.39, 0.29) is 18.5 Å². The molecule has 0 spiro atoms. The van der Waals surface area contributed by atoms with Crippen LogP contribution in [-0.4, -0.2) is 47.4 Å². The molecule has 0 aliphatic carbocycles. The number of carbonyl (C=O) groups excluding carboxylic acids is 2. The number of carbonyl (C=O) groups is 2. The molecule has 0 bridgehead atoms. The van der Waals surface area contributed by atoms with Crippen molar-refractivity contribution < 1.29 is 24.5 Å². The summed E-state index contributed by atoms with van der Waals surface area (Å²) in [6.07, 6.45) is 91.9. The van der Waals surface area contributed by atoms with Gasteiger partial charge in [0.2, 0.25) is 5.91 Å². The molecule has 0 saturated heterocycles. The third-order valence-electron chi connectivity index (χ3n) is 18.9. The molecule has 502 valence electrons. The number of hydrogen-bond acceptors (Lipinski definition) is 5. The van der Waals surface area contributed by atoms with Crippen LogP contribution in [0.2, 0.25) is 0 Å². The Labute approximate surface area is 527 Å². The number of unbranched alkanes of at least 4 members (excludes halogenated alkanes) is 64. The van der Waals surface area contributed by atoms with Crippen LogP contribution in [0.3, 0.4) is 0 Å². The Balaban J connectivity index is 3.32. The first-order chi connectivity index (χ1) is 41.5. The topological polar surface area (TPSA) is 95.9 Å². The van der Waals surface area contributed by atoms with Crippen LogP contribution in [0.15, 0.2) is 0 Å². The molecule has 0 aliphatic heterocycles. The summed E-state index contributed by atoms with van der Waals surface area (Å²) >= 11 is 0. The SMILES string of the molecule is CCCCCCCCCCCCCCCCCCCCCCCCC(O)C(CO)NC(=O)CCCCCCCCCCCCCCCCCCCCCCCCCCCCCCCCCOC(=O)CCCCCCCCCCCCCCCC. The van der Waals surface area contributed by atoms with Gasteiger partial charge in [-0.25, -0.2) is 0 Å². The second-order valence-corrected chi connectivity index (χ2v) is 27.4. The first-order valence-corrected chi connectivity index (χ1v) is 39.3. The van der Waals surface area contributed by atoms with Crippen LogP contribution >= 0.6 is 0 Å². The summed E-state index contributed by atoms with van der Waals surface area (Å²) in [4.78, 5) is 24.6. The predicted molar refractivity (Wildman–Crippen MR) is 371 cm³/mol. The van der Waals surface area contributed by atoms with Crippen molar-refractivity contribution >= 4 is 11.9 Å². The van der Waals surface area contributed by atoms with Crippen molar-refractivity contribution in [2.24, 2.45) is 0 Å². The third kappa shape index (κ3) is 70.0. The Kier molecular flexibility index (Phi) is 73.3. The van der Waals surface area contributed by atoms with Crippen LogP contribution in [0.25, 0.3) is 0 Å². The van der Waals surface area contributed by atoms with Crippen LogP contribution in [0.1, 0.15) is 463 Å². The maximum absolute atomic E-state index is 12.6. The molecule has 84 heavy (non-hydrogen) atoms. The lowest BCUT2D eigenvalue weighted by atomic mass is 10.0. The van der Waals surface area contributed by atoms with Crippen molar-refractivity contribution in [3.05, 3.63) is 0 Å². The van der Waals surface area contributed by atoms with Gasteiger partial charge in [0.1, 0.15) is 0 Å². The van der Waals surface area contributed by atoms with E-state index in [9.17, 15) is 19.8 Å². The van der Waals surface area contributed by atoms with Gasteiger partial charge in [0, 0.05) is 12.8 Å². The molecule has 0 heterocycles. The van der Waals surface area contributed by atoms with Crippen LogP contribution in [0.5, 0.6) is 0 Å². The van der Waals surface area contributed by atoms with E-state index in [1.54, 1.807) is 0 Å². The zero-order valence-electron chi connectivity index (χ0n) is 57.7. The maximum atomic E-state index is 12.6. The fourth-order valence-corrected chi connectivity index (χ4v) is 12.9. The molecule has 3 N–H and O–H groups in total. The average Bonchev–Trinajstić information content (AvgIpc) is 3.51. The van der Waals surface area contributed by atoms with Crippen LogP contribution in [0.4, 0.5) is 0 Å². The molecule has 0 radical (unpaired) electrons. The van der Waals surface area contributed by atoms with E-state index in [1.165, 1.54) is 392 Å². The van der Waals surface area contributed by atoms with Crippen molar-refractivity contribution in [2.75, 3.05) is 13.2 Å². The van der Waals surface area contributed by atoms with E-state index in [0.29, 0.717) is 25.9 Å². The van der Waals surface area contributed by atoms with Gasteiger partial charge < -0.3 is 20.3 Å². The van der Waals surface area contributed by atoms with Gasteiger partial charge in [-0.1, -0.05) is 425 Å². The molecule has 2 unspecified atom stereocenters. The molecular weight excluding hydrogens is 1030 g/mol. The zero-order valence-corrected chi connectivity index (χ0v) is 57.7. The summed E-state index contributed by atoms with van der Waals surface area (Å²) in [6, 6.07) is -0.538. The number of amides is 1. The molecule has 0 fully saturated rings. The lowest BCUT2D eigenvalue weighted by molar-refractivity contribution is -0.143. The predicted octanol–water partition coefficient (Wildman–Crippen LogP) is 25.7. The van der Waals surface area contributed by atoms with Gasteiger partial charge in [-0.15, -0.1) is 0 Å². The Bertz CT molecular complexity index is 1230. The number of nitrogens with one attached hydrogen (secondary N) is 1. The van der Waals surface area contributed by atoms with Gasteiger partial charge in [0.15, 0.2) is 0 Å². The number of aliphatic hydroxyl groups is 2. The monoisotopic (exact) mass is 1190 g/mol. The van der Waals surface area contributed by atoms with Gasteiger partial charge in [-0.2, -0.15) is 0 Å². The average molecular weight is 1190 g/mol. The number of hydrogen-bond donors (Lipinski definition) is 3. The quantitative estimate of drug-likeness (QED) is 0.0417. The second kappa shape index (κ2) is 74.3. The fraction of sp³-hybridized carbons (Fsp3) is 0.974.